The summed E-state index contributed by atoms with van der Waals surface area (Å²) in [5.41, 5.74) is 10.6. The van der Waals surface area contributed by atoms with Gasteiger partial charge in [0.15, 0.2) is 5.82 Å². The van der Waals surface area contributed by atoms with E-state index in [1.165, 1.54) is 18.1 Å². The smallest absolute Gasteiger partial charge is 0.264 e. The summed E-state index contributed by atoms with van der Waals surface area (Å²) in [6, 6.07) is 3.73. The van der Waals surface area contributed by atoms with E-state index in [2.05, 4.69) is 19.9 Å². The molecular formula is C27H35F2N7O. The molecule has 3 aliphatic heterocycles. The quantitative estimate of drug-likeness (QED) is 0.597. The number of aliphatic imine (C=N–C) groups is 1. The number of fused-ring (bicyclic) bond motifs is 2. The lowest BCUT2D eigenvalue weighted by atomic mass is 9.92. The number of carbonyl (C=O) groups excluding carboxylic acids is 1. The number of amides is 1. The summed E-state index contributed by atoms with van der Waals surface area (Å²) in [6.45, 7) is 5.32. The van der Waals surface area contributed by atoms with Gasteiger partial charge in [0.2, 0.25) is 5.91 Å². The van der Waals surface area contributed by atoms with Crippen LogP contribution in [0.5, 0.6) is 0 Å². The standard InChI is InChI=1S/C27H35F2N7O/c1-17(37)34-11-7-24-23(16-34)27(33-36(24)20-5-8-32-9-6-20)35-10-3-4-18-12-21(19(14-30)15-31-2)22(26(28)29)13-25(18)35/h12-15,20,26,32H,3-11,16,30H2,1-2H3. The minimum Gasteiger partial charge on any atom is -0.404 e. The molecule has 0 saturated carbocycles. The largest absolute Gasteiger partial charge is 0.404 e. The Hall–Kier alpha value is -3.27. The lowest BCUT2D eigenvalue weighted by Gasteiger charge is -2.33. The number of allylic oxidation sites excluding steroid dienone is 1. The van der Waals surface area contributed by atoms with Gasteiger partial charge in [-0.15, -0.1) is 0 Å². The Morgan fingerprint density at radius 3 is 2.70 bits per heavy atom. The number of nitrogens with two attached hydrogens (primary N) is 1. The fraction of sp³-hybridized carbons (Fsp3) is 0.519. The van der Waals surface area contributed by atoms with Crippen LogP contribution in [0.15, 0.2) is 23.3 Å². The van der Waals surface area contributed by atoms with Gasteiger partial charge in [0.25, 0.3) is 6.43 Å². The third-order valence-corrected chi connectivity index (χ3v) is 7.78. The average molecular weight is 512 g/mol. The third-order valence-electron chi connectivity index (χ3n) is 7.78. The van der Waals surface area contributed by atoms with E-state index >= 15 is 0 Å². The topological polar surface area (TPSA) is 91.8 Å². The number of hydrogen-bond acceptors (Lipinski definition) is 6. The van der Waals surface area contributed by atoms with Crippen LogP contribution in [0.1, 0.15) is 66.6 Å². The van der Waals surface area contributed by atoms with Crippen molar-refractivity contribution in [1.29, 1.82) is 0 Å². The van der Waals surface area contributed by atoms with Crippen molar-refractivity contribution < 1.29 is 13.6 Å². The zero-order valence-corrected chi connectivity index (χ0v) is 21.5. The van der Waals surface area contributed by atoms with Crippen molar-refractivity contribution in [2.45, 2.75) is 58.0 Å². The van der Waals surface area contributed by atoms with Crippen molar-refractivity contribution in [2.24, 2.45) is 10.7 Å². The Morgan fingerprint density at radius 1 is 1.24 bits per heavy atom. The van der Waals surface area contributed by atoms with Crippen LogP contribution in [-0.4, -0.2) is 60.0 Å². The minimum atomic E-state index is -2.67. The fourth-order valence-corrected chi connectivity index (χ4v) is 5.91. The molecule has 1 aromatic heterocycles. The highest BCUT2D eigenvalue weighted by Crippen LogP contribution is 2.42. The first kappa shape index (κ1) is 25.4. The average Bonchev–Trinajstić information content (AvgIpc) is 3.29. The molecule has 0 aliphatic carbocycles. The number of aromatic nitrogens is 2. The number of benzene rings is 1. The van der Waals surface area contributed by atoms with Crippen molar-refractivity contribution >= 4 is 29.2 Å². The van der Waals surface area contributed by atoms with Crippen molar-refractivity contribution in [1.82, 2.24) is 20.0 Å². The summed E-state index contributed by atoms with van der Waals surface area (Å²) < 4.78 is 30.8. The molecule has 0 bridgehead atoms. The molecule has 0 atom stereocenters. The maximum Gasteiger partial charge on any atom is 0.264 e. The van der Waals surface area contributed by atoms with Crippen LogP contribution in [0.4, 0.5) is 20.3 Å². The number of anilines is 2. The second-order valence-corrected chi connectivity index (χ2v) is 10.00. The van der Waals surface area contributed by atoms with E-state index in [1.807, 2.05) is 11.0 Å². The maximum atomic E-state index is 14.3. The van der Waals surface area contributed by atoms with Crippen molar-refractivity contribution in [2.75, 3.05) is 38.1 Å². The van der Waals surface area contributed by atoms with Gasteiger partial charge in [0.1, 0.15) is 0 Å². The molecule has 0 spiro atoms. The highest BCUT2D eigenvalue weighted by Gasteiger charge is 2.34. The number of alkyl halides is 2. The van der Waals surface area contributed by atoms with Crippen LogP contribution < -0.4 is 16.0 Å². The van der Waals surface area contributed by atoms with Crippen LogP contribution in [0, 0.1) is 0 Å². The third kappa shape index (κ3) is 4.74. The van der Waals surface area contributed by atoms with Gasteiger partial charge >= 0.3 is 0 Å². The van der Waals surface area contributed by atoms with E-state index in [4.69, 9.17) is 10.8 Å². The van der Waals surface area contributed by atoms with Crippen molar-refractivity contribution in [3.8, 4) is 0 Å². The molecule has 1 fully saturated rings. The van der Waals surface area contributed by atoms with Crippen LogP contribution >= 0.6 is 0 Å². The van der Waals surface area contributed by atoms with Crippen LogP contribution in [-0.2, 0) is 24.2 Å². The van der Waals surface area contributed by atoms with Gasteiger partial charge in [-0.05, 0) is 62.0 Å². The molecule has 3 aliphatic rings. The summed E-state index contributed by atoms with van der Waals surface area (Å²) in [5, 5.41) is 8.56. The number of halogens is 2. The van der Waals surface area contributed by atoms with Crippen molar-refractivity contribution in [3.63, 3.8) is 0 Å². The molecule has 10 heteroatoms. The van der Waals surface area contributed by atoms with Crippen molar-refractivity contribution in [3.05, 3.63) is 46.3 Å². The molecule has 1 aromatic carbocycles. The number of hydrogen-bond donors (Lipinski definition) is 2. The SMILES string of the molecule is CN=CC(=CN)c1cc2c(cc1C(F)F)N(c1nn(C3CCNCC3)c3c1CN(C(C)=O)CC3)CCC2. The maximum absolute atomic E-state index is 14.3. The molecule has 2 aromatic rings. The lowest BCUT2D eigenvalue weighted by molar-refractivity contribution is -0.129. The summed E-state index contributed by atoms with van der Waals surface area (Å²) in [6.07, 6.45) is 4.55. The summed E-state index contributed by atoms with van der Waals surface area (Å²) in [5.74, 6) is 0.826. The molecule has 0 unspecified atom stereocenters. The van der Waals surface area contributed by atoms with E-state index in [1.54, 1.807) is 20.0 Å². The Bertz CT molecular complexity index is 1230. The molecule has 1 saturated heterocycles. The molecule has 198 valence electrons. The number of nitrogens with one attached hydrogen (secondary N) is 1. The first-order valence-electron chi connectivity index (χ1n) is 13.1. The summed E-state index contributed by atoms with van der Waals surface area (Å²) >= 11 is 0. The predicted octanol–water partition coefficient (Wildman–Crippen LogP) is 3.73. The molecular weight excluding hydrogens is 476 g/mol. The Kier molecular flexibility index (Phi) is 7.28. The Balaban J connectivity index is 1.63. The molecule has 5 rings (SSSR count). The molecule has 4 heterocycles. The van der Waals surface area contributed by atoms with E-state index in [-0.39, 0.29) is 11.5 Å². The first-order chi connectivity index (χ1) is 17.9. The second kappa shape index (κ2) is 10.6. The Labute approximate surface area is 216 Å². The van der Waals surface area contributed by atoms with Crippen LogP contribution in [0.25, 0.3) is 5.57 Å². The van der Waals surface area contributed by atoms with Crippen LogP contribution in [0.2, 0.25) is 0 Å². The summed E-state index contributed by atoms with van der Waals surface area (Å²) in [4.78, 5) is 20.2. The molecule has 8 nitrogen and oxygen atoms in total. The zero-order valence-electron chi connectivity index (χ0n) is 21.5. The fourth-order valence-electron chi connectivity index (χ4n) is 5.91. The van der Waals surface area contributed by atoms with Gasteiger partial charge in [-0.2, -0.15) is 5.10 Å². The van der Waals surface area contributed by atoms with Gasteiger partial charge in [0.05, 0.1) is 12.6 Å². The van der Waals surface area contributed by atoms with Gasteiger partial charge < -0.3 is 20.9 Å². The van der Waals surface area contributed by atoms with E-state index < -0.39 is 6.43 Å². The number of nitrogens with zero attached hydrogens (tertiary/aromatic N) is 5. The van der Waals surface area contributed by atoms with Crippen LogP contribution in [0.3, 0.4) is 0 Å². The molecule has 3 N–H and O–H groups in total. The number of piperidine rings is 1. The first-order valence-corrected chi connectivity index (χ1v) is 13.1. The second-order valence-electron chi connectivity index (χ2n) is 10.00. The normalized spacial score (nSPS) is 19.0. The van der Waals surface area contributed by atoms with E-state index in [0.717, 1.165) is 67.8 Å². The predicted molar refractivity (Wildman–Crippen MR) is 141 cm³/mol. The summed E-state index contributed by atoms with van der Waals surface area (Å²) in [7, 11) is 1.60. The van der Waals surface area contributed by atoms with Gasteiger partial charge in [-0.25, -0.2) is 8.78 Å². The number of aryl methyl sites for hydroxylation is 1. The van der Waals surface area contributed by atoms with Gasteiger partial charge in [-0.1, -0.05) is 0 Å². The highest BCUT2D eigenvalue weighted by atomic mass is 19.3. The number of rotatable bonds is 5. The highest BCUT2D eigenvalue weighted by molar-refractivity contribution is 6.10. The minimum absolute atomic E-state index is 0.0357. The molecule has 1 amide bonds. The van der Waals surface area contributed by atoms with E-state index in [0.29, 0.717) is 36.8 Å². The number of carbonyl (C=O) groups is 1. The zero-order chi connectivity index (χ0) is 26.1. The monoisotopic (exact) mass is 511 g/mol. The van der Waals surface area contributed by atoms with Gasteiger partial charge in [0, 0.05) is 74.0 Å². The van der Waals surface area contributed by atoms with E-state index in [9.17, 15) is 13.6 Å². The lowest BCUT2D eigenvalue weighted by Crippen LogP contribution is -2.36. The molecule has 0 radical (unpaired) electrons. The Morgan fingerprint density at radius 2 is 2.03 bits per heavy atom. The van der Waals surface area contributed by atoms with Gasteiger partial charge in [-0.3, -0.25) is 14.5 Å². The molecule has 37 heavy (non-hydrogen) atoms.